The van der Waals surface area contributed by atoms with E-state index in [1.54, 1.807) is 13.8 Å². The number of fused-ring (bicyclic) bond motifs is 1. The zero-order valence-corrected chi connectivity index (χ0v) is 18.4. The number of carbonyl (C=O) groups is 1. The standard InChI is InChI=1S/C22H29F3N4O3/c1-4-28-8-7-15(10-16(30)11-28)26-19(31)12-29-21(32)17-6-5-14(22(23,24)25)9-18(17)20(27-29)13(2)3/h5-6,9,13,15-16,30H,4,7-8,10-12H2,1-3H3,(H,26,31)/t15-,16+/m0/s1. The summed E-state index contributed by atoms with van der Waals surface area (Å²) in [5.41, 5.74) is -1.15. The van der Waals surface area contributed by atoms with Gasteiger partial charge in [-0.05, 0) is 43.5 Å². The average molecular weight is 454 g/mol. The first-order chi connectivity index (χ1) is 15.0. The Morgan fingerprint density at radius 3 is 2.66 bits per heavy atom. The number of benzene rings is 1. The number of nitrogens with one attached hydrogen (secondary N) is 1. The molecule has 1 aliphatic rings. The van der Waals surface area contributed by atoms with Gasteiger partial charge in [0.2, 0.25) is 5.91 Å². The number of likely N-dealkylation sites (tertiary alicyclic amines) is 1. The summed E-state index contributed by atoms with van der Waals surface area (Å²) >= 11 is 0. The number of β-amino-alcohol motifs (C(OH)–C–C–N with tert-alkyl or cyclic N) is 1. The number of carbonyl (C=O) groups excluding carboxylic acids is 1. The van der Waals surface area contributed by atoms with Crippen molar-refractivity contribution in [1.29, 1.82) is 0 Å². The van der Waals surface area contributed by atoms with Crippen LogP contribution in [0.25, 0.3) is 10.8 Å². The number of rotatable bonds is 5. The Kier molecular flexibility index (Phi) is 7.24. The fraction of sp³-hybridized carbons (Fsp3) is 0.591. The van der Waals surface area contributed by atoms with Crippen LogP contribution in [0.2, 0.25) is 0 Å². The van der Waals surface area contributed by atoms with Gasteiger partial charge in [0.1, 0.15) is 6.54 Å². The van der Waals surface area contributed by atoms with Crippen molar-refractivity contribution in [3.8, 4) is 0 Å². The van der Waals surface area contributed by atoms with Crippen molar-refractivity contribution < 1.29 is 23.1 Å². The average Bonchev–Trinajstić information content (AvgIpc) is 2.89. The maximum absolute atomic E-state index is 13.1. The Balaban J connectivity index is 1.86. The number of aliphatic hydroxyl groups is 1. The molecule has 0 saturated carbocycles. The zero-order chi connectivity index (χ0) is 23.6. The largest absolute Gasteiger partial charge is 0.416 e. The van der Waals surface area contributed by atoms with Gasteiger partial charge < -0.3 is 15.3 Å². The fourth-order valence-electron chi connectivity index (χ4n) is 4.10. The lowest BCUT2D eigenvalue weighted by molar-refractivity contribution is -0.137. The third-order valence-corrected chi connectivity index (χ3v) is 5.79. The molecule has 2 heterocycles. The van der Waals surface area contributed by atoms with Gasteiger partial charge in [-0.3, -0.25) is 9.59 Å². The topological polar surface area (TPSA) is 87.5 Å². The Hall–Kier alpha value is -2.46. The van der Waals surface area contributed by atoms with E-state index in [-0.39, 0.29) is 29.3 Å². The van der Waals surface area contributed by atoms with Gasteiger partial charge in [0.05, 0.1) is 22.7 Å². The number of alkyl halides is 3. The van der Waals surface area contributed by atoms with Crippen LogP contribution in [-0.4, -0.2) is 57.5 Å². The Morgan fingerprint density at radius 2 is 2.03 bits per heavy atom. The highest BCUT2D eigenvalue weighted by Gasteiger charge is 2.31. The molecule has 176 valence electrons. The van der Waals surface area contributed by atoms with Crippen LogP contribution in [0.5, 0.6) is 0 Å². The molecule has 0 aliphatic carbocycles. The van der Waals surface area contributed by atoms with Gasteiger partial charge >= 0.3 is 6.18 Å². The molecular weight excluding hydrogens is 425 g/mol. The van der Waals surface area contributed by atoms with Gasteiger partial charge in [0, 0.05) is 24.5 Å². The molecule has 1 aromatic heterocycles. The van der Waals surface area contributed by atoms with Crippen molar-refractivity contribution in [3.05, 3.63) is 39.8 Å². The van der Waals surface area contributed by atoms with Crippen LogP contribution >= 0.6 is 0 Å². The minimum Gasteiger partial charge on any atom is -0.392 e. The number of aliphatic hydroxyl groups excluding tert-OH is 1. The van der Waals surface area contributed by atoms with Crippen LogP contribution in [0.4, 0.5) is 13.2 Å². The highest BCUT2D eigenvalue weighted by Crippen LogP contribution is 2.32. The van der Waals surface area contributed by atoms with E-state index < -0.39 is 29.3 Å². The van der Waals surface area contributed by atoms with Crippen molar-refractivity contribution in [2.75, 3.05) is 19.6 Å². The van der Waals surface area contributed by atoms with Crippen LogP contribution in [-0.2, 0) is 17.5 Å². The number of hydrogen-bond donors (Lipinski definition) is 2. The van der Waals surface area contributed by atoms with Gasteiger partial charge in [-0.25, -0.2) is 4.68 Å². The van der Waals surface area contributed by atoms with Crippen molar-refractivity contribution >= 4 is 16.7 Å². The minimum absolute atomic E-state index is 0.0907. The van der Waals surface area contributed by atoms with Crippen LogP contribution in [0.1, 0.15) is 50.8 Å². The van der Waals surface area contributed by atoms with Gasteiger partial charge in [0.25, 0.3) is 5.56 Å². The summed E-state index contributed by atoms with van der Waals surface area (Å²) in [6.45, 7) is 7.29. The number of amides is 1. The lowest BCUT2D eigenvalue weighted by atomic mass is 10.0. The minimum atomic E-state index is -4.53. The molecule has 0 radical (unpaired) electrons. The molecule has 7 nitrogen and oxygen atoms in total. The molecule has 0 spiro atoms. The van der Waals surface area contributed by atoms with E-state index in [4.69, 9.17) is 0 Å². The van der Waals surface area contributed by atoms with Crippen molar-refractivity contribution in [3.63, 3.8) is 0 Å². The van der Waals surface area contributed by atoms with E-state index in [1.165, 1.54) is 0 Å². The van der Waals surface area contributed by atoms with E-state index in [2.05, 4.69) is 15.3 Å². The second kappa shape index (κ2) is 9.58. The van der Waals surface area contributed by atoms with Crippen LogP contribution in [0, 0.1) is 0 Å². The van der Waals surface area contributed by atoms with E-state index >= 15 is 0 Å². The molecule has 0 unspecified atom stereocenters. The molecule has 32 heavy (non-hydrogen) atoms. The molecular formula is C22H29F3N4O3. The van der Waals surface area contributed by atoms with Gasteiger partial charge in [-0.15, -0.1) is 0 Å². The van der Waals surface area contributed by atoms with Crippen LogP contribution < -0.4 is 10.9 Å². The first-order valence-electron chi connectivity index (χ1n) is 10.8. The van der Waals surface area contributed by atoms with E-state index in [0.717, 1.165) is 36.0 Å². The fourth-order valence-corrected chi connectivity index (χ4v) is 4.10. The molecule has 10 heteroatoms. The number of hydrogen-bond acceptors (Lipinski definition) is 5. The number of likely N-dealkylation sites (N-methyl/N-ethyl adjacent to an activating group) is 1. The summed E-state index contributed by atoms with van der Waals surface area (Å²) in [6, 6.07) is 2.72. The Labute approximate surface area is 184 Å². The lowest BCUT2D eigenvalue weighted by Crippen LogP contribution is -2.41. The molecule has 0 bridgehead atoms. The molecule has 1 fully saturated rings. The van der Waals surface area contributed by atoms with Crippen LogP contribution in [0.15, 0.2) is 23.0 Å². The molecule has 2 aromatic rings. The maximum Gasteiger partial charge on any atom is 0.416 e. The zero-order valence-electron chi connectivity index (χ0n) is 18.4. The molecule has 2 N–H and O–H groups in total. The summed E-state index contributed by atoms with van der Waals surface area (Å²) in [5, 5.41) is 17.5. The van der Waals surface area contributed by atoms with Gasteiger partial charge in [-0.2, -0.15) is 18.3 Å². The van der Waals surface area contributed by atoms with Gasteiger partial charge in [-0.1, -0.05) is 20.8 Å². The summed E-state index contributed by atoms with van der Waals surface area (Å²) in [7, 11) is 0. The number of halogens is 3. The monoisotopic (exact) mass is 454 g/mol. The SMILES string of the molecule is CCN1CC[C@H](NC(=O)Cn2nc(C(C)C)c3cc(C(F)(F)F)ccc3c2=O)C[C@@H](O)C1. The molecule has 1 aromatic carbocycles. The first kappa shape index (κ1) is 24.2. The van der Waals surface area contributed by atoms with Gasteiger partial charge in [0.15, 0.2) is 0 Å². The maximum atomic E-state index is 13.1. The third-order valence-electron chi connectivity index (χ3n) is 5.79. The van der Waals surface area contributed by atoms with Crippen LogP contribution in [0.3, 0.4) is 0 Å². The lowest BCUT2D eigenvalue weighted by Gasteiger charge is -2.19. The molecule has 1 amide bonds. The predicted molar refractivity (Wildman–Crippen MR) is 114 cm³/mol. The van der Waals surface area contributed by atoms with Crippen molar-refractivity contribution in [2.45, 2.75) is 64.4 Å². The normalized spacial score (nSPS) is 20.5. The smallest absolute Gasteiger partial charge is 0.392 e. The van der Waals surface area contributed by atoms with E-state index in [0.29, 0.717) is 25.1 Å². The van der Waals surface area contributed by atoms with Crippen molar-refractivity contribution in [1.82, 2.24) is 20.0 Å². The predicted octanol–water partition coefficient (Wildman–Crippen LogP) is 2.50. The summed E-state index contributed by atoms with van der Waals surface area (Å²) in [6.07, 6.45) is -4.00. The number of nitrogens with zero attached hydrogens (tertiary/aromatic N) is 3. The molecule has 1 aliphatic heterocycles. The molecule has 1 saturated heterocycles. The third kappa shape index (κ3) is 5.47. The molecule has 2 atom stereocenters. The second-order valence-electron chi connectivity index (χ2n) is 8.60. The van der Waals surface area contributed by atoms with E-state index in [1.807, 2.05) is 6.92 Å². The summed E-state index contributed by atoms with van der Waals surface area (Å²) in [4.78, 5) is 27.6. The summed E-state index contributed by atoms with van der Waals surface area (Å²) < 4.78 is 40.5. The second-order valence-corrected chi connectivity index (χ2v) is 8.60. The summed E-state index contributed by atoms with van der Waals surface area (Å²) in [5.74, 6) is -0.685. The Bertz CT molecular complexity index is 1040. The first-order valence-corrected chi connectivity index (χ1v) is 10.8. The molecule has 3 rings (SSSR count). The highest BCUT2D eigenvalue weighted by atomic mass is 19.4. The number of aromatic nitrogens is 2. The highest BCUT2D eigenvalue weighted by molar-refractivity contribution is 5.85. The van der Waals surface area contributed by atoms with Crippen molar-refractivity contribution in [2.24, 2.45) is 0 Å². The Morgan fingerprint density at radius 1 is 1.31 bits per heavy atom. The van der Waals surface area contributed by atoms with E-state index in [9.17, 15) is 27.9 Å². The quantitative estimate of drug-likeness (QED) is 0.725.